The number of aromatic nitrogens is 3. The second kappa shape index (κ2) is 6.38. The largest absolute Gasteiger partial charge is 0.325 e. The van der Waals surface area contributed by atoms with Gasteiger partial charge in [0.15, 0.2) is 5.16 Å². The smallest absolute Gasteiger partial charge is 0.234 e. The molecule has 1 amide bonds. The molecular formula is C13H16N4OS. The van der Waals surface area contributed by atoms with Gasteiger partial charge in [-0.3, -0.25) is 4.79 Å². The third-order valence-corrected chi connectivity index (χ3v) is 3.57. The molecule has 19 heavy (non-hydrogen) atoms. The number of carbonyl (C=O) groups is 1. The zero-order valence-corrected chi connectivity index (χ0v) is 11.8. The highest BCUT2D eigenvalue weighted by atomic mass is 32.2. The molecule has 0 saturated carbocycles. The maximum absolute atomic E-state index is 11.8. The first-order valence-corrected chi connectivity index (χ1v) is 7.06. The van der Waals surface area contributed by atoms with Gasteiger partial charge in [-0.2, -0.15) is 0 Å². The molecular weight excluding hydrogens is 260 g/mol. The number of para-hydroxylation sites is 1. The molecule has 100 valence electrons. The van der Waals surface area contributed by atoms with Gasteiger partial charge in [0.1, 0.15) is 5.82 Å². The van der Waals surface area contributed by atoms with Gasteiger partial charge >= 0.3 is 0 Å². The summed E-state index contributed by atoms with van der Waals surface area (Å²) in [6.45, 7) is 4.75. The molecule has 1 heterocycles. The van der Waals surface area contributed by atoms with E-state index in [0.717, 1.165) is 23.2 Å². The third-order valence-electron chi connectivity index (χ3n) is 2.61. The lowest BCUT2D eigenvalue weighted by molar-refractivity contribution is -0.113. The van der Waals surface area contributed by atoms with E-state index >= 15 is 0 Å². The van der Waals surface area contributed by atoms with Crippen LogP contribution < -0.4 is 5.32 Å². The first-order valence-electron chi connectivity index (χ1n) is 6.08. The predicted octanol–water partition coefficient (Wildman–Crippen LogP) is 2.34. The number of benzene rings is 1. The van der Waals surface area contributed by atoms with Gasteiger partial charge in [-0.1, -0.05) is 30.0 Å². The molecule has 0 saturated heterocycles. The Hall–Kier alpha value is -1.82. The summed E-state index contributed by atoms with van der Waals surface area (Å²) in [5.41, 5.74) is 0.807. The highest BCUT2D eigenvalue weighted by Gasteiger charge is 2.10. The van der Waals surface area contributed by atoms with Gasteiger partial charge < -0.3 is 9.88 Å². The molecule has 0 aliphatic heterocycles. The fourth-order valence-electron chi connectivity index (χ4n) is 1.68. The lowest BCUT2D eigenvalue weighted by Crippen LogP contribution is -2.14. The first-order chi connectivity index (χ1) is 9.20. The molecule has 5 nitrogen and oxygen atoms in total. The highest BCUT2D eigenvalue weighted by Crippen LogP contribution is 2.17. The van der Waals surface area contributed by atoms with Crippen LogP contribution in [0.3, 0.4) is 0 Å². The topological polar surface area (TPSA) is 59.8 Å². The average molecular weight is 276 g/mol. The Balaban J connectivity index is 1.90. The van der Waals surface area contributed by atoms with Crippen molar-refractivity contribution in [3.05, 3.63) is 36.2 Å². The quantitative estimate of drug-likeness (QED) is 0.852. The maximum Gasteiger partial charge on any atom is 0.234 e. The van der Waals surface area contributed by atoms with E-state index in [0.29, 0.717) is 5.75 Å². The molecule has 0 spiro atoms. The molecule has 0 unspecified atom stereocenters. The summed E-state index contributed by atoms with van der Waals surface area (Å²) < 4.78 is 1.99. The maximum atomic E-state index is 11.8. The fraction of sp³-hybridized carbons (Fsp3) is 0.308. The number of anilines is 1. The van der Waals surface area contributed by atoms with Crippen molar-refractivity contribution in [3.8, 4) is 0 Å². The van der Waals surface area contributed by atoms with Crippen LogP contribution in [-0.2, 0) is 11.3 Å². The number of nitrogens with one attached hydrogen (secondary N) is 1. The molecule has 6 heteroatoms. The normalized spacial score (nSPS) is 10.4. The number of rotatable bonds is 5. The number of amides is 1. The van der Waals surface area contributed by atoms with Gasteiger partial charge in [-0.25, -0.2) is 0 Å². The van der Waals surface area contributed by atoms with E-state index in [2.05, 4.69) is 15.5 Å². The van der Waals surface area contributed by atoms with Crippen molar-refractivity contribution in [2.75, 3.05) is 11.1 Å². The molecule has 0 radical (unpaired) electrons. The van der Waals surface area contributed by atoms with Crippen LogP contribution in [0.1, 0.15) is 12.7 Å². The molecule has 1 aromatic heterocycles. The van der Waals surface area contributed by atoms with Crippen LogP contribution in [0.25, 0.3) is 0 Å². The van der Waals surface area contributed by atoms with Gasteiger partial charge in [0.05, 0.1) is 5.75 Å². The van der Waals surface area contributed by atoms with E-state index in [1.807, 2.05) is 48.7 Å². The molecule has 0 atom stereocenters. The van der Waals surface area contributed by atoms with Crippen LogP contribution >= 0.6 is 11.8 Å². The highest BCUT2D eigenvalue weighted by molar-refractivity contribution is 7.99. The zero-order chi connectivity index (χ0) is 13.7. The predicted molar refractivity (Wildman–Crippen MR) is 76.2 cm³/mol. The van der Waals surface area contributed by atoms with Crippen LogP contribution in [0.5, 0.6) is 0 Å². The summed E-state index contributed by atoms with van der Waals surface area (Å²) >= 11 is 1.40. The van der Waals surface area contributed by atoms with Crippen molar-refractivity contribution in [3.63, 3.8) is 0 Å². The molecule has 1 N–H and O–H groups in total. The molecule has 0 aliphatic rings. The fourth-order valence-corrected chi connectivity index (χ4v) is 2.53. The second-order valence-corrected chi connectivity index (χ2v) is 4.92. The van der Waals surface area contributed by atoms with E-state index in [1.54, 1.807) is 0 Å². The number of hydrogen-bond acceptors (Lipinski definition) is 4. The molecule has 0 fully saturated rings. The summed E-state index contributed by atoms with van der Waals surface area (Å²) in [4.78, 5) is 11.8. The molecule has 0 bridgehead atoms. The second-order valence-electron chi connectivity index (χ2n) is 3.98. The summed E-state index contributed by atoms with van der Waals surface area (Å²) in [6.07, 6.45) is 0. The molecule has 2 aromatic rings. The number of thioether (sulfide) groups is 1. The minimum atomic E-state index is -0.0421. The average Bonchev–Trinajstić information content (AvgIpc) is 2.78. The van der Waals surface area contributed by atoms with Crippen molar-refractivity contribution in [2.45, 2.75) is 25.5 Å². The number of aryl methyl sites for hydroxylation is 1. The Morgan fingerprint density at radius 2 is 2.05 bits per heavy atom. The lowest BCUT2D eigenvalue weighted by Gasteiger charge is -2.06. The van der Waals surface area contributed by atoms with Crippen molar-refractivity contribution in [1.29, 1.82) is 0 Å². The van der Waals surface area contributed by atoms with Crippen molar-refractivity contribution in [2.24, 2.45) is 0 Å². The van der Waals surface area contributed by atoms with Gasteiger partial charge in [0.25, 0.3) is 0 Å². The Morgan fingerprint density at radius 1 is 1.32 bits per heavy atom. The van der Waals surface area contributed by atoms with Gasteiger partial charge in [0.2, 0.25) is 5.91 Å². The SMILES string of the molecule is CCn1c(C)nnc1SCC(=O)Nc1ccccc1. The first kappa shape index (κ1) is 13.6. The van der Waals surface area contributed by atoms with Crippen molar-refractivity contribution in [1.82, 2.24) is 14.8 Å². The number of hydrogen-bond donors (Lipinski definition) is 1. The van der Waals surface area contributed by atoms with Crippen LogP contribution in [0.15, 0.2) is 35.5 Å². The molecule has 2 rings (SSSR count). The van der Waals surface area contributed by atoms with E-state index in [4.69, 9.17) is 0 Å². The standard InChI is InChI=1S/C13H16N4OS/c1-3-17-10(2)15-16-13(17)19-9-12(18)14-11-7-5-4-6-8-11/h4-8H,3,9H2,1-2H3,(H,14,18). The molecule has 1 aromatic carbocycles. The Kier molecular flexibility index (Phi) is 4.57. The summed E-state index contributed by atoms with van der Waals surface area (Å²) in [5.74, 6) is 1.15. The van der Waals surface area contributed by atoms with Crippen LogP contribution in [0.2, 0.25) is 0 Å². The van der Waals surface area contributed by atoms with E-state index < -0.39 is 0 Å². The van der Waals surface area contributed by atoms with Gasteiger partial charge in [-0.15, -0.1) is 10.2 Å². The summed E-state index contributed by atoms with van der Waals surface area (Å²) in [7, 11) is 0. The Labute approximate surface area is 116 Å². The number of carbonyl (C=O) groups excluding carboxylic acids is 1. The van der Waals surface area contributed by atoms with E-state index in [1.165, 1.54) is 11.8 Å². The van der Waals surface area contributed by atoms with Crippen molar-refractivity contribution >= 4 is 23.4 Å². The number of nitrogens with zero attached hydrogens (tertiary/aromatic N) is 3. The van der Waals surface area contributed by atoms with E-state index in [9.17, 15) is 4.79 Å². The summed E-state index contributed by atoms with van der Waals surface area (Å²) in [6, 6.07) is 9.42. The summed E-state index contributed by atoms with van der Waals surface area (Å²) in [5, 5.41) is 11.7. The zero-order valence-electron chi connectivity index (χ0n) is 11.0. The van der Waals surface area contributed by atoms with E-state index in [-0.39, 0.29) is 5.91 Å². The minimum absolute atomic E-state index is 0.0421. The minimum Gasteiger partial charge on any atom is -0.325 e. The Morgan fingerprint density at radius 3 is 2.74 bits per heavy atom. The van der Waals surface area contributed by atoms with Crippen molar-refractivity contribution < 1.29 is 4.79 Å². The van der Waals surface area contributed by atoms with Crippen LogP contribution in [-0.4, -0.2) is 26.4 Å². The van der Waals surface area contributed by atoms with Crippen LogP contribution in [0, 0.1) is 6.92 Å². The monoisotopic (exact) mass is 276 g/mol. The van der Waals surface area contributed by atoms with Gasteiger partial charge in [-0.05, 0) is 26.0 Å². The molecule has 0 aliphatic carbocycles. The lowest BCUT2D eigenvalue weighted by atomic mass is 10.3. The van der Waals surface area contributed by atoms with Gasteiger partial charge in [0, 0.05) is 12.2 Å². The van der Waals surface area contributed by atoms with Crippen LogP contribution in [0.4, 0.5) is 5.69 Å². The Bertz CT molecular complexity index is 553. The third kappa shape index (κ3) is 3.57.